The maximum atomic E-state index is 13.5. The van der Waals surface area contributed by atoms with Gasteiger partial charge in [0, 0.05) is 10.0 Å². The van der Waals surface area contributed by atoms with E-state index in [9.17, 15) is 4.39 Å². The minimum absolute atomic E-state index is 0.155. The van der Waals surface area contributed by atoms with Crippen molar-refractivity contribution in [1.29, 1.82) is 0 Å². The molecule has 1 aromatic carbocycles. The van der Waals surface area contributed by atoms with Gasteiger partial charge in [-0.15, -0.1) is 0 Å². The molecule has 0 amide bonds. The largest absolute Gasteiger partial charge is 0.487 e. The van der Waals surface area contributed by atoms with Crippen LogP contribution < -0.4 is 4.74 Å². The van der Waals surface area contributed by atoms with Crippen LogP contribution in [0.4, 0.5) is 4.39 Å². The lowest BCUT2D eigenvalue weighted by molar-refractivity contribution is 0.298. The Kier molecular flexibility index (Phi) is 3.97. The standard InChI is InChI=1S/C12H8BrClFNO/c13-9-2-1-8(11(15)5-9)7-17-10-3-4-12(14)16-6-10/h1-6H,7H2. The highest BCUT2D eigenvalue weighted by molar-refractivity contribution is 9.10. The minimum Gasteiger partial charge on any atom is -0.487 e. The van der Waals surface area contributed by atoms with Crippen LogP contribution >= 0.6 is 27.5 Å². The lowest BCUT2D eigenvalue weighted by Gasteiger charge is -2.07. The van der Waals surface area contributed by atoms with Crippen LogP contribution in [0.15, 0.2) is 41.0 Å². The van der Waals surface area contributed by atoms with Crippen LogP contribution in [0, 0.1) is 5.82 Å². The van der Waals surface area contributed by atoms with Gasteiger partial charge in [-0.05, 0) is 24.3 Å². The molecule has 1 aromatic heterocycles. The van der Waals surface area contributed by atoms with E-state index in [1.54, 1.807) is 24.3 Å². The van der Waals surface area contributed by atoms with E-state index in [1.807, 2.05) is 0 Å². The Morgan fingerprint density at radius 3 is 2.76 bits per heavy atom. The van der Waals surface area contributed by atoms with E-state index in [4.69, 9.17) is 16.3 Å². The SMILES string of the molecule is Fc1cc(Br)ccc1COc1ccc(Cl)nc1. The number of hydrogen-bond acceptors (Lipinski definition) is 2. The first-order chi connectivity index (χ1) is 8.15. The van der Waals surface area contributed by atoms with Crippen molar-refractivity contribution >= 4 is 27.5 Å². The van der Waals surface area contributed by atoms with Crippen molar-refractivity contribution in [2.24, 2.45) is 0 Å². The number of rotatable bonds is 3. The predicted molar refractivity (Wildman–Crippen MR) is 67.7 cm³/mol. The van der Waals surface area contributed by atoms with Crippen LogP contribution in [0.1, 0.15) is 5.56 Å². The molecule has 0 unspecified atom stereocenters. The summed E-state index contributed by atoms with van der Waals surface area (Å²) in [6.07, 6.45) is 1.50. The van der Waals surface area contributed by atoms with Crippen LogP contribution in [0.25, 0.3) is 0 Å². The molecule has 2 nitrogen and oxygen atoms in total. The van der Waals surface area contributed by atoms with Gasteiger partial charge in [-0.3, -0.25) is 0 Å². The van der Waals surface area contributed by atoms with Crippen LogP contribution in [-0.2, 0) is 6.61 Å². The normalized spacial score (nSPS) is 10.3. The van der Waals surface area contributed by atoms with Gasteiger partial charge in [0.1, 0.15) is 23.3 Å². The molecule has 0 aliphatic rings. The molecule has 0 N–H and O–H groups in total. The first-order valence-electron chi connectivity index (χ1n) is 4.83. The number of hydrogen-bond donors (Lipinski definition) is 0. The average molecular weight is 317 g/mol. The summed E-state index contributed by atoms with van der Waals surface area (Å²) in [4.78, 5) is 3.87. The summed E-state index contributed by atoms with van der Waals surface area (Å²) in [6, 6.07) is 8.14. The maximum Gasteiger partial charge on any atom is 0.138 e. The number of halogens is 3. The van der Waals surface area contributed by atoms with Gasteiger partial charge in [-0.1, -0.05) is 33.6 Å². The molecule has 0 atom stereocenters. The van der Waals surface area contributed by atoms with Gasteiger partial charge in [0.05, 0.1) is 6.20 Å². The fourth-order valence-electron chi connectivity index (χ4n) is 1.25. The number of aromatic nitrogens is 1. The van der Waals surface area contributed by atoms with Gasteiger partial charge in [-0.25, -0.2) is 9.37 Å². The van der Waals surface area contributed by atoms with Gasteiger partial charge in [0.2, 0.25) is 0 Å². The lowest BCUT2D eigenvalue weighted by Crippen LogP contribution is -1.98. The first kappa shape index (κ1) is 12.3. The number of nitrogens with zero attached hydrogens (tertiary/aromatic N) is 1. The van der Waals surface area contributed by atoms with Crippen LogP contribution in [0.2, 0.25) is 5.15 Å². The molecule has 1 heterocycles. The first-order valence-corrected chi connectivity index (χ1v) is 6.00. The Bertz CT molecular complexity index is 518. The summed E-state index contributed by atoms with van der Waals surface area (Å²) < 4.78 is 19.6. The molecular formula is C12H8BrClFNO. The molecule has 0 spiro atoms. The molecule has 0 aliphatic heterocycles. The van der Waals surface area contributed by atoms with E-state index in [2.05, 4.69) is 20.9 Å². The topological polar surface area (TPSA) is 22.1 Å². The van der Waals surface area contributed by atoms with Crippen molar-refractivity contribution < 1.29 is 9.13 Å². The van der Waals surface area contributed by atoms with Crippen molar-refractivity contribution in [2.45, 2.75) is 6.61 Å². The highest BCUT2D eigenvalue weighted by Gasteiger charge is 2.03. The van der Waals surface area contributed by atoms with Crippen LogP contribution in [-0.4, -0.2) is 4.98 Å². The molecule has 0 radical (unpaired) electrons. The number of pyridine rings is 1. The number of benzene rings is 1. The zero-order valence-corrected chi connectivity index (χ0v) is 11.0. The molecule has 2 rings (SSSR count). The molecule has 0 aliphatic carbocycles. The smallest absolute Gasteiger partial charge is 0.138 e. The van der Waals surface area contributed by atoms with Gasteiger partial charge in [-0.2, -0.15) is 0 Å². The third-order valence-electron chi connectivity index (χ3n) is 2.11. The second-order valence-electron chi connectivity index (χ2n) is 3.34. The second-order valence-corrected chi connectivity index (χ2v) is 4.64. The zero-order valence-electron chi connectivity index (χ0n) is 8.66. The van der Waals surface area contributed by atoms with Crippen molar-refractivity contribution in [1.82, 2.24) is 4.98 Å². The van der Waals surface area contributed by atoms with Crippen molar-refractivity contribution in [3.05, 3.63) is 57.5 Å². The monoisotopic (exact) mass is 315 g/mol. The molecule has 5 heteroatoms. The van der Waals surface area contributed by atoms with Crippen molar-refractivity contribution in [3.63, 3.8) is 0 Å². The third kappa shape index (κ3) is 3.41. The maximum absolute atomic E-state index is 13.5. The predicted octanol–water partition coefficient (Wildman–Crippen LogP) is 4.22. The van der Waals surface area contributed by atoms with Gasteiger partial charge in [0.25, 0.3) is 0 Å². The van der Waals surface area contributed by atoms with Crippen molar-refractivity contribution in [3.8, 4) is 5.75 Å². The van der Waals surface area contributed by atoms with Gasteiger partial charge >= 0.3 is 0 Å². The van der Waals surface area contributed by atoms with E-state index in [-0.39, 0.29) is 12.4 Å². The molecule has 0 saturated carbocycles. The van der Waals surface area contributed by atoms with Crippen molar-refractivity contribution in [2.75, 3.05) is 0 Å². The summed E-state index contributed by atoms with van der Waals surface area (Å²) in [5.74, 6) is 0.248. The van der Waals surface area contributed by atoms with Crippen LogP contribution in [0.5, 0.6) is 5.75 Å². The highest BCUT2D eigenvalue weighted by atomic mass is 79.9. The summed E-state index contributed by atoms with van der Waals surface area (Å²) in [6.45, 7) is 0.155. The Morgan fingerprint density at radius 1 is 1.29 bits per heavy atom. The molecule has 88 valence electrons. The molecule has 0 saturated heterocycles. The van der Waals surface area contributed by atoms with E-state index < -0.39 is 0 Å². The van der Waals surface area contributed by atoms with E-state index in [0.717, 1.165) is 0 Å². The Labute approximate surface area is 112 Å². The third-order valence-corrected chi connectivity index (χ3v) is 2.83. The quantitative estimate of drug-likeness (QED) is 0.791. The molecule has 17 heavy (non-hydrogen) atoms. The number of ether oxygens (including phenoxy) is 1. The Hall–Kier alpha value is -1.13. The zero-order chi connectivity index (χ0) is 12.3. The summed E-state index contributed by atoms with van der Waals surface area (Å²) in [5, 5.41) is 0.396. The van der Waals surface area contributed by atoms with Gasteiger partial charge < -0.3 is 4.74 Å². The van der Waals surface area contributed by atoms with Crippen LogP contribution in [0.3, 0.4) is 0 Å². The second kappa shape index (κ2) is 5.47. The average Bonchev–Trinajstić information content (AvgIpc) is 2.30. The summed E-state index contributed by atoms with van der Waals surface area (Å²) >= 11 is 8.83. The fourth-order valence-corrected chi connectivity index (χ4v) is 1.69. The minimum atomic E-state index is -0.304. The van der Waals surface area contributed by atoms with E-state index >= 15 is 0 Å². The molecule has 2 aromatic rings. The fraction of sp³-hybridized carbons (Fsp3) is 0.0833. The molecule has 0 fully saturated rings. The summed E-state index contributed by atoms with van der Waals surface area (Å²) in [7, 11) is 0. The lowest BCUT2D eigenvalue weighted by atomic mass is 10.2. The van der Waals surface area contributed by atoms with E-state index in [1.165, 1.54) is 12.3 Å². The highest BCUT2D eigenvalue weighted by Crippen LogP contribution is 2.18. The Balaban J connectivity index is 2.04. The Morgan fingerprint density at radius 2 is 2.12 bits per heavy atom. The summed E-state index contributed by atoms with van der Waals surface area (Å²) in [5.41, 5.74) is 0.489. The molecular weight excluding hydrogens is 308 g/mol. The molecule has 0 bridgehead atoms. The van der Waals surface area contributed by atoms with Gasteiger partial charge in [0.15, 0.2) is 0 Å². The van der Waals surface area contributed by atoms with E-state index in [0.29, 0.717) is 20.9 Å².